The fraction of sp³-hybridized carbons (Fsp3) is 0.533. The molecule has 0 bridgehead atoms. The fourth-order valence-corrected chi connectivity index (χ4v) is 3.20. The number of rotatable bonds is 1. The van der Waals surface area contributed by atoms with Crippen LogP contribution in [-0.2, 0) is 0 Å². The van der Waals surface area contributed by atoms with Gasteiger partial charge in [-0.3, -0.25) is 4.79 Å². The van der Waals surface area contributed by atoms with Crippen LogP contribution in [-0.4, -0.2) is 35.1 Å². The lowest BCUT2D eigenvalue weighted by atomic mass is 10.1. The Balaban J connectivity index is 2.11. The minimum Gasteiger partial charge on any atom is -0.384 e. The van der Waals surface area contributed by atoms with Gasteiger partial charge in [0.15, 0.2) is 0 Å². The zero-order valence-corrected chi connectivity index (χ0v) is 12.0. The molecule has 1 N–H and O–H groups in total. The lowest BCUT2D eigenvalue weighted by Gasteiger charge is -2.26. The summed E-state index contributed by atoms with van der Waals surface area (Å²) < 4.78 is 0. The molecule has 19 heavy (non-hydrogen) atoms. The summed E-state index contributed by atoms with van der Waals surface area (Å²) >= 11 is 1.41. The maximum Gasteiger partial charge on any atom is 0.264 e. The van der Waals surface area contributed by atoms with E-state index in [1.54, 1.807) is 0 Å². The molecule has 2 heterocycles. The van der Waals surface area contributed by atoms with Crippen LogP contribution in [0, 0.1) is 11.8 Å². The van der Waals surface area contributed by atoms with E-state index in [1.807, 2.05) is 17.0 Å². The first kappa shape index (κ1) is 14.1. The van der Waals surface area contributed by atoms with Crippen molar-refractivity contribution in [2.75, 3.05) is 13.2 Å². The summed E-state index contributed by atoms with van der Waals surface area (Å²) in [6.07, 6.45) is 4.61. The molecule has 1 aliphatic heterocycles. The lowest BCUT2D eigenvalue weighted by molar-refractivity contribution is 0.0703. The molecule has 1 aromatic heterocycles. The predicted octanol–water partition coefficient (Wildman–Crippen LogP) is 2.50. The zero-order chi connectivity index (χ0) is 13.7. The Morgan fingerprint density at radius 3 is 3.11 bits per heavy atom. The van der Waals surface area contributed by atoms with E-state index < -0.39 is 0 Å². The van der Waals surface area contributed by atoms with E-state index in [2.05, 4.69) is 18.8 Å². The SMILES string of the molecule is CC1CCCCCN1C(=O)c1ccc(C#CCO)s1. The van der Waals surface area contributed by atoms with Crippen molar-refractivity contribution in [3.05, 3.63) is 21.9 Å². The van der Waals surface area contributed by atoms with Crippen LogP contribution in [0.5, 0.6) is 0 Å². The van der Waals surface area contributed by atoms with Gasteiger partial charge in [-0.15, -0.1) is 11.3 Å². The number of amides is 1. The molecular formula is C15H19NO2S. The molecule has 0 radical (unpaired) electrons. The van der Waals surface area contributed by atoms with Crippen LogP contribution in [0.2, 0.25) is 0 Å². The van der Waals surface area contributed by atoms with Gasteiger partial charge in [0, 0.05) is 12.6 Å². The Morgan fingerprint density at radius 1 is 1.47 bits per heavy atom. The van der Waals surface area contributed by atoms with Crippen LogP contribution in [0.25, 0.3) is 0 Å². The van der Waals surface area contributed by atoms with Gasteiger partial charge in [0.25, 0.3) is 5.91 Å². The van der Waals surface area contributed by atoms with Crippen LogP contribution < -0.4 is 0 Å². The van der Waals surface area contributed by atoms with Crippen LogP contribution in [0.3, 0.4) is 0 Å². The summed E-state index contributed by atoms with van der Waals surface area (Å²) in [5.41, 5.74) is 0. The molecule has 1 amide bonds. The van der Waals surface area contributed by atoms with Gasteiger partial charge in [-0.2, -0.15) is 0 Å². The monoisotopic (exact) mass is 277 g/mol. The Morgan fingerprint density at radius 2 is 2.32 bits per heavy atom. The van der Waals surface area contributed by atoms with Gasteiger partial charge in [-0.1, -0.05) is 24.7 Å². The maximum absolute atomic E-state index is 12.5. The Hall–Kier alpha value is -1.31. The summed E-state index contributed by atoms with van der Waals surface area (Å²) in [6.45, 7) is 2.84. The third kappa shape index (κ3) is 3.59. The van der Waals surface area contributed by atoms with Crippen molar-refractivity contribution < 1.29 is 9.90 Å². The Kier molecular flexibility index (Phi) is 5.00. The van der Waals surface area contributed by atoms with Gasteiger partial charge in [0.05, 0.1) is 9.75 Å². The van der Waals surface area contributed by atoms with Crippen molar-refractivity contribution >= 4 is 17.2 Å². The van der Waals surface area contributed by atoms with E-state index >= 15 is 0 Å². The second-order valence-corrected chi connectivity index (χ2v) is 5.90. The maximum atomic E-state index is 12.5. The molecule has 1 fully saturated rings. The number of hydrogen-bond acceptors (Lipinski definition) is 3. The van der Waals surface area contributed by atoms with Gasteiger partial charge < -0.3 is 10.0 Å². The average molecular weight is 277 g/mol. The molecular weight excluding hydrogens is 258 g/mol. The number of carbonyl (C=O) groups is 1. The minimum absolute atomic E-state index is 0.122. The Bertz CT molecular complexity index is 498. The van der Waals surface area contributed by atoms with Crippen LogP contribution in [0.15, 0.2) is 12.1 Å². The van der Waals surface area contributed by atoms with E-state index in [4.69, 9.17) is 5.11 Å². The van der Waals surface area contributed by atoms with Gasteiger partial charge in [0.1, 0.15) is 6.61 Å². The molecule has 102 valence electrons. The van der Waals surface area contributed by atoms with Gasteiger partial charge in [-0.25, -0.2) is 0 Å². The molecule has 1 aromatic rings. The van der Waals surface area contributed by atoms with Gasteiger partial charge in [0.2, 0.25) is 0 Å². The second kappa shape index (κ2) is 6.74. The lowest BCUT2D eigenvalue weighted by Crippen LogP contribution is -2.37. The number of hydrogen-bond donors (Lipinski definition) is 1. The molecule has 0 aliphatic carbocycles. The van der Waals surface area contributed by atoms with Crippen LogP contribution in [0.4, 0.5) is 0 Å². The molecule has 3 nitrogen and oxygen atoms in total. The first-order valence-electron chi connectivity index (χ1n) is 6.73. The van der Waals surface area contributed by atoms with Crippen molar-refractivity contribution in [1.82, 2.24) is 4.90 Å². The molecule has 2 rings (SSSR count). The number of aliphatic hydroxyl groups is 1. The highest BCUT2D eigenvalue weighted by Crippen LogP contribution is 2.22. The normalized spacial score (nSPS) is 19.5. The molecule has 0 aromatic carbocycles. The number of aliphatic hydroxyl groups excluding tert-OH is 1. The summed E-state index contributed by atoms with van der Waals surface area (Å²) in [4.78, 5) is 16.1. The highest BCUT2D eigenvalue weighted by atomic mass is 32.1. The predicted molar refractivity (Wildman–Crippen MR) is 77.2 cm³/mol. The molecule has 1 aliphatic rings. The second-order valence-electron chi connectivity index (χ2n) is 4.82. The third-order valence-corrected chi connectivity index (χ3v) is 4.41. The standard InChI is InChI=1S/C15H19NO2S/c1-12-6-3-2-4-10-16(12)15(18)14-9-8-13(19-14)7-5-11-17/h8-9,12,17H,2-4,6,10-11H2,1H3. The molecule has 1 unspecified atom stereocenters. The highest BCUT2D eigenvalue weighted by Gasteiger charge is 2.23. The number of thiophene rings is 1. The highest BCUT2D eigenvalue weighted by molar-refractivity contribution is 7.14. The number of nitrogens with zero attached hydrogens (tertiary/aromatic N) is 1. The van der Waals surface area contributed by atoms with Crippen LogP contribution >= 0.6 is 11.3 Å². The summed E-state index contributed by atoms with van der Waals surface area (Å²) in [6, 6.07) is 4.01. The number of carbonyl (C=O) groups excluding carboxylic acids is 1. The van der Waals surface area contributed by atoms with E-state index in [-0.39, 0.29) is 12.5 Å². The first-order valence-corrected chi connectivity index (χ1v) is 7.54. The van der Waals surface area contributed by atoms with Crippen LogP contribution in [0.1, 0.15) is 47.2 Å². The van der Waals surface area contributed by atoms with Gasteiger partial charge in [-0.05, 0) is 31.9 Å². The van der Waals surface area contributed by atoms with Crippen molar-refractivity contribution in [1.29, 1.82) is 0 Å². The Labute approximate surface area is 118 Å². The molecule has 4 heteroatoms. The summed E-state index contributed by atoms with van der Waals surface area (Å²) in [5, 5.41) is 8.67. The summed E-state index contributed by atoms with van der Waals surface area (Å²) in [7, 11) is 0. The molecule has 1 atom stereocenters. The molecule has 1 saturated heterocycles. The zero-order valence-electron chi connectivity index (χ0n) is 11.2. The third-order valence-electron chi connectivity index (χ3n) is 3.42. The molecule has 0 spiro atoms. The van der Waals surface area contributed by atoms with Crippen molar-refractivity contribution in [2.24, 2.45) is 0 Å². The van der Waals surface area contributed by atoms with Gasteiger partial charge >= 0.3 is 0 Å². The van der Waals surface area contributed by atoms with E-state index in [1.165, 1.54) is 24.2 Å². The van der Waals surface area contributed by atoms with E-state index in [0.717, 1.165) is 29.1 Å². The largest absolute Gasteiger partial charge is 0.384 e. The van der Waals surface area contributed by atoms with E-state index in [0.29, 0.717) is 6.04 Å². The van der Waals surface area contributed by atoms with Crippen molar-refractivity contribution in [3.63, 3.8) is 0 Å². The molecule has 0 saturated carbocycles. The average Bonchev–Trinajstić information content (AvgIpc) is 2.78. The topological polar surface area (TPSA) is 40.5 Å². The van der Waals surface area contributed by atoms with E-state index in [9.17, 15) is 4.79 Å². The smallest absolute Gasteiger partial charge is 0.264 e. The van der Waals surface area contributed by atoms with Crippen molar-refractivity contribution in [3.8, 4) is 11.8 Å². The summed E-state index contributed by atoms with van der Waals surface area (Å²) in [5.74, 6) is 5.57. The van der Waals surface area contributed by atoms with Crippen molar-refractivity contribution in [2.45, 2.75) is 38.6 Å². The quantitative estimate of drug-likeness (QED) is 0.801. The minimum atomic E-state index is -0.148. The fourth-order valence-electron chi connectivity index (χ4n) is 2.36. The first-order chi connectivity index (χ1) is 9.22. The number of likely N-dealkylation sites (tertiary alicyclic amines) is 1.